The normalized spacial score (nSPS) is 20.2. The molecule has 2 N–H and O–H groups in total. The van der Waals surface area contributed by atoms with E-state index >= 15 is 0 Å². The average molecular weight is 325 g/mol. The fourth-order valence-corrected chi connectivity index (χ4v) is 2.58. The van der Waals surface area contributed by atoms with Gasteiger partial charge in [0.2, 0.25) is 0 Å². The lowest BCUT2D eigenvalue weighted by Gasteiger charge is -2.23. The SMILES string of the molecule is C1CCCCC1.Clc1cc2cc[nH]c2cn1.OC[C@@H]1CCO1. The summed E-state index contributed by atoms with van der Waals surface area (Å²) in [6, 6.07) is 3.79. The molecule has 2 fully saturated rings. The Bertz CT molecular complexity index is 522. The third-order valence-electron chi connectivity index (χ3n) is 3.90. The highest BCUT2D eigenvalue weighted by Gasteiger charge is 2.15. The molecule has 1 atom stereocenters. The second-order valence-electron chi connectivity index (χ2n) is 5.66. The zero-order chi connectivity index (χ0) is 15.6. The van der Waals surface area contributed by atoms with Crippen molar-refractivity contribution in [3.8, 4) is 0 Å². The minimum absolute atomic E-state index is 0.171. The van der Waals surface area contributed by atoms with Gasteiger partial charge in [-0.05, 0) is 18.6 Å². The topological polar surface area (TPSA) is 58.1 Å². The van der Waals surface area contributed by atoms with E-state index in [-0.39, 0.29) is 12.7 Å². The Kier molecular flexibility index (Phi) is 7.71. The van der Waals surface area contributed by atoms with Gasteiger partial charge in [0.1, 0.15) is 5.15 Å². The number of pyridine rings is 1. The van der Waals surface area contributed by atoms with E-state index in [1.54, 1.807) is 6.20 Å². The maximum Gasteiger partial charge on any atom is 0.129 e. The molecule has 2 aromatic heterocycles. The van der Waals surface area contributed by atoms with E-state index in [0.717, 1.165) is 23.9 Å². The van der Waals surface area contributed by atoms with Crippen molar-refractivity contribution in [3.63, 3.8) is 0 Å². The summed E-state index contributed by atoms with van der Waals surface area (Å²) in [5.74, 6) is 0. The number of aromatic nitrogens is 2. The second-order valence-corrected chi connectivity index (χ2v) is 6.04. The number of ether oxygens (including phenoxy) is 1. The quantitative estimate of drug-likeness (QED) is 0.768. The Morgan fingerprint density at radius 1 is 1.23 bits per heavy atom. The van der Waals surface area contributed by atoms with Crippen LogP contribution in [0, 0.1) is 0 Å². The Morgan fingerprint density at radius 2 is 1.86 bits per heavy atom. The number of rotatable bonds is 1. The van der Waals surface area contributed by atoms with Gasteiger partial charge in [-0.2, -0.15) is 0 Å². The highest BCUT2D eigenvalue weighted by molar-refractivity contribution is 6.30. The van der Waals surface area contributed by atoms with E-state index in [1.807, 2.05) is 18.3 Å². The van der Waals surface area contributed by atoms with Crippen LogP contribution in [0.2, 0.25) is 5.15 Å². The molecule has 1 aliphatic carbocycles. The van der Waals surface area contributed by atoms with Crippen LogP contribution in [0.25, 0.3) is 10.9 Å². The van der Waals surface area contributed by atoms with Gasteiger partial charge >= 0.3 is 0 Å². The van der Waals surface area contributed by atoms with Crippen LogP contribution >= 0.6 is 11.6 Å². The summed E-state index contributed by atoms with van der Waals surface area (Å²) in [5, 5.41) is 9.89. The van der Waals surface area contributed by atoms with Crippen molar-refractivity contribution in [2.24, 2.45) is 0 Å². The number of H-pyrrole nitrogens is 1. The molecule has 0 amide bonds. The molecule has 2 aliphatic rings. The molecule has 0 unspecified atom stereocenters. The number of aromatic amines is 1. The fourth-order valence-electron chi connectivity index (χ4n) is 2.41. The van der Waals surface area contributed by atoms with Crippen molar-refractivity contribution in [2.75, 3.05) is 13.2 Å². The van der Waals surface area contributed by atoms with E-state index in [4.69, 9.17) is 21.4 Å². The van der Waals surface area contributed by atoms with E-state index in [0.29, 0.717) is 5.15 Å². The maximum absolute atomic E-state index is 8.26. The number of hydrogen-bond acceptors (Lipinski definition) is 3. The maximum atomic E-state index is 8.26. The van der Waals surface area contributed by atoms with Crippen LogP contribution in [0.5, 0.6) is 0 Å². The van der Waals surface area contributed by atoms with Gasteiger partial charge in [-0.15, -0.1) is 0 Å². The van der Waals surface area contributed by atoms with Gasteiger partial charge in [0, 0.05) is 18.2 Å². The number of nitrogens with one attached hydrogen (secondary N) is 1. The van der Waals surface area contributed by atoms with Crippen molar-refractivity contribution in [1.82, 2.24) is 9.97 Å². The van der Waals surface area contributed by atoms with Crippen molar-refractivity contribution >= 4 is 22.5 Å². The van der Waals surface area contributed by atoms with Crippen molar-refractivity contribution in [3.05, 3.63) is 29.7 Å². The number of halogens is 1. The van der Waals surface area contributed by atoms with Crippen LogP contribution in [0.15, 0.2) is 24.5 Å². The number of aliphatic hydroxyl groups excluding tert-OH is 1. The van der Waals surface area contributed by atoms with Crippen LogP contribution in [0.1, 0.15) is 44.9 Å². The lowest BCUT2D eigenvalue weighted by molar-refractivity contribution is -0.0773. The number of fused-ring (bicyclic) bond motifs is 1. The third kappa shape index (κ3) is 5.95. The predicted octanol–water partition coefficient (Wildman–Crippen LogP) is 4.32. The molecule has 4 rings (SSSR count). The van der Waals surface area contributed by atoms with Crippen LogP contribution in [0.3, 0.4) is 0 Å². The highest BCUT2D eigenvalue weighted by atomic mass is 35.5. The molecule has 0 aromatic carbocycles. The second kappa shape index (κ2) is 9.82. The van der Waals surface area contributed by atoms with Crippen molar-refractivity contribution < 1.29 is 9.84 Å². The first kappa shape index (κ1) is 17.3. The van der Waals surface area contributed by atoms with Gasteiger partial charge < -0.3 is 14.8 Å². The fraction of sp³-hybridized carbons (Fsp3) is 0.588. The zero-order valence-electron chi connectivity index (χ0n) is 12.9. The summed E-state index contributed by atoms with van der Waals surface area (Å²) in [7, 11) is 0. The smallest absolute Gasteiger partial charge is 0.129 e. The van der Waals surface area contributed by atoms with E-state index < -0.39 is 0 Å². The van der Waals surface area contributed by atoms with Gasteiger partial charge in [-0.25, -0.2) is 4.98 Å². The van der Waals surface area contributed by atoms with E-state index in [9.17, 15) is 0 Å². The molecule has 5 heteroatoms. The summed E-state index contributed by atoms with van der Waals surface area (Å²) >= 11 is 5.65. The largest absolute Gasteiger partial charge is 0.394 e. The molecule has 0 spiro atoms. The lowest BCUT2D eigenvalue weighted by Crippen LogP contribution is -2.29. The van der Waals surface area contributed by atoms with Gasteiger partial charge in [-0.3, -0.25) is 0 Å². The Hall–Kier alpha value is -1.10. The van der Waals surface area contributed by atoms with Crippen LogP contribution in [-0.4, -0.2) is 34.4 Å². The molecule has 3 heterocycles. The van der Waals surface area contributed by atoms with E-state index in [2.05, 4.69) is 9.97 Å². The van der Waals surface area contributed by atoms with Crippen molar-refractivity contribution in [2.45, 2.75) is 51.0 Å². The van der Waals surface area contributed by atoms with Crippen LogP contribution < -0.4 is 0 Å². The first-order chi connectivity index (χ1) is 10.8. The molecule has 1 saturated heterocycles. The Labute approximate surface area is 136 Å². The molecule has 4 nitrogen and oxygen atoms in total. The van der Waals surface area contributed by atoms with Gasteiger partial charge in [-0.1, -0.05) is 50.1 Å². The van der Waals surface area contributed by atoms with Crippen molar-refractivity contribution in [1.29, 1.82) is 0 Å². The summed E-state index contributed by atoms with van der Waals surface area (Å²) in [6.45, 7) is 1.03. The first-order valence-corrected chi connectivity index (χ1v) is 8.48. The van der Waals surface area contributed by atoms with Crippen LogP contribution in [-0.2, 0) is 4.74 Å². The highest BCUT2D eigenvalue weighted by Crippen LogP contribution is 2.15. The molecule has 22 heavy (non-hydrogen) atoms. The Balaban J connectivity index is 0.000000128. The molecule has 0 radical (unpaired) electrons. The summed E-state index contributed by atoms with van der Waals surface area (Å²) in [6.07, 6.45) is 13.8. The minimum atomic E-state index is 0.171. The first-order valence-electron chi connectivity index (χ1n) is 8.10. The summed E-state index contributed by atoms with van der Waals surface area (Å²) < 4.78 is 4.83. The molecule has 122 valence electrons. The molecular weight excluding hydrogens is 300 g/mol. The van der Waals surface area contributed by atoms with E-state index in [1.165, 1.54) is 38.5 Å². The number of hydrogen-bond donors (Lipinski definition) is 2. The van der Waals surface area contributed by atoms with Gasteiger partial charge in [0.05, 0.1) is 24.4 Å². The summed E-state index contributed by atoms with van der Waals surface area (Å²) in [5.41, 5.74) is 1.02. The predicted molar refractivity (Wildman–Crippen MR) is 90.2 cm³/mol. The number of nitrogens with zero attached hydrogens (tertiary/aromatic N) is 1. The number of aliphatic hydroxyl groups is 1. The minimum Gasteiger partial charge on any atom is -0.394 e. The van der Waals surface area contributed by atoms with Crippen LogP contribution in [0.4, 0.5) is 0 Å². The average Bonchev–Trinajstić information content (AvgIpc) is 2.96. The zero-order valence-corrected chi connectivity index (χ0v) is 13.7. The molecule has 1 aliphatic heterocycles. The monoisotopic (exact) mass is 324 g/mol. The molecule has 0 bridgehead atoms. The van der Waals surface area contributed by atoms with Gasteiger partial charge in [0.25, 0.3) is 0 Å². The molecular formula is C17H25ClN2O2. The lowest BCUT2D eigenvalue weighted by atomic mass is 10.0. The Morgan fingerprint density at radius 3 is 2.32 bits per heavy atom. The standard InChI is InChI=1S/C7H5ClN2.C6H12.C4H8O2/c8-7-3-5-1-2-9-6(5)4-10-7;1-2-4-6-5-3-1;5-3-4-1-2-6-4/h1-4,9H;1-6H2;4-5H,1-3H2/t;;4-/m..0/s1. The molecule has 2 aromatic rings. The van der Waals surface area contributed by atoms with Gasteiger partial charge in [0.15, 0.2) is 0 Å². The third-order valence-corrected chi connectivity index (χ3v) is 4.11. The summed E-state index contributed by atoms with van der Waals surface area (Å²) in [4.78, 5) is 6.94. The molecule has 1 saturated carbocycles.